The minimum absolute atomic E-state index is 0.269. The summed E-state index contributed by atoms with van der Waals surface area (Å²) in [4.78, 5) is 0. The number of methoxy groups -OCH3 is 2. The van der Waals surface area contributed by atoms with Crippen LogP contribution in [0.4, 0.5) is 4.39 Å². The summed E-state index contributed by atoms with van der Waals surface area (Å²) in [5.74, 6) is 0.996. The molecule has 0 fully saturated rings. The highest BCUT2D eigenvalue weighted by molar-refractivity contribution is 14.1. The second kappa shape index (κ2) is 6.63. The maximum absolute atomic E-state index is 13.1. The first-order valence-corrected chi connectivity index (χ1v) is 7.39. The molecule has 1 unspecified atom stereocenters. The molecule has 0 radical (unpaired) electrons. The third kappa shape index (κ3) is 3.17. The smallest absolute Gasteiger partial charge is 0.161 e. The Hall–Kier alpha value is -1.01. The van der Waals surface area contributed by atoms with Crippen LogP contribution >= 0.6 is 34.2 Å². The number of halogens is 3. The van der Waals surface area contributed by atoms with E-state index in [1.807, 2.05) is 12.1 Å². The number of ether oxygens (including phenoxy) is 2. The molecule has 106 valence electrons. The lowest BCUT2D eigenvalue weighted by Gasteiger charge is -2.15. The zero-order chi connectivity index (χ0) is 14.7. The zero-order valence-corrected chi connectivity index (χ0v) is 13.9. The van der Waals surface area contributed by atoms with E-state index in [-0.39, 0.29) is 11.2 Å². The summed E-state index contributed by atoms with van der Waals surface area (Å²) >= 11 is 8.57. The van der Waals surface area contributed by atoms with E-state index in [0.717, 1.165) is 14.7 Å². The first kappa shape index (κ1) is 15.4. The predicted octanol–water partition coefficient (Wildman–Crippen LogP) is 4.78. The van der Waals surface area contributed by atoms with Crippen molar-refractivity contribution in [2.45, 2.75) is 5.38 Å². The van der Waals surface area contributed by atoms with E-state index in [1.165, 1.54) is 12.1 Å². The van der Waals surface area contributed by atoms with Crippen LogP contribution in [0.3, 0.4) is 0 Å². The summed E-state index contributed by atoms with van der Waals surface area (Å²) in [5.41, 5.74) is 1.73. The SMILES string of the molecule is COc1ccc(C(Cl)c2ccc(F)cc2I)cc1OC. The fourth-order valence-electron chi connectivity index (χ4n) is 1.90. The molecule has 0 saturated carbocycles. The van der Waals surface area contributed by atoms with Gasteiger partial charge in [0.1, 0.15) is 5.82 Å². The molecule has 0 aliphatic heterocycles. The van der Waals surface area contributed by atoms with Crippen LogP contribution in [-0.4, -0.2) is 14.2 Å². The minimum Gasteiger partial charge on any atom is -0.493 e. The van der Waals surface area contributed by atoms with Crippen molar-refractivity contribution in [1.29, 1.82) is 0 Å². The van der Waals surface area contributed by atoms with Crippen molar-refractivity contribution in [3.8, 4) is 11.5 Å². The molecule has 0 saturated heterocycles. The number of rotatable bonds is 4. The minimum atomic E-state index is -0.373. The van der Waals surface area contributed by atoms with Gasteiger partial charge in [0.15, 0.2) is 11.5 Å². The monoisotopic (exact) mass is 406 g/mol. The van der Waals surface area contributed by atoms with Crippen LogP contribution in [0.15, 0.2) is 36.4 Å². The van der Waals surface area contributed by atoms with E-state index in [0.29, 0.717) is 11.5 Å². The van der Waals surface area contributed by atoms with Crippen molar-refractivity contribution in [1.82, 2.24) is 0 Å². The van der Waals surface area contributed by atoms with Gasteiger partial charge >= 0.3 is 0 Å². The summed E-state index contributed by atoms with van der Waals surface area (Å²) in [6.07, 6.45) is 0. The van der Waals surface area contributed by atoms with Crippen molar-refractivity contribution >= 4 is 34.2 Å². The molecule has 0 bridgehead atoms. The van der Waals surface area contributed by atoms with Crippen LogP contribution in [0.5, 0.6) is 11.5 Å². The molecule has 20 heavy (non-hydrogen) atoms. The van der Waals surface area contributed by atoms with Crippen molar-refractivity contribution < 1.29 is 13.9 Å². The van der Waals surface area contributed by atoms with Crippen LogP contribution < -0.4 is 9.47 Å². The fraction of sp³-hybridized carbons (Fsp3) is 0.200. The van der Waals surface area contributed by atoms with Gasteiger partial charge in [-0.2, -0.15) is 0 Å². The summed E-state index contributed by atoms with van der Waals surface area (Å²) in [6, 6.07) is 10.1. The highest BCUT2D eigenvalue weighted by atomic mass is 127. The molecular weight excluding hydrogens is 394 g/mol. The molecule has 2 nitrogen and oxygen atoms in total. The molecular formula is C15H13ClFIO2. The second-order valence-corrected chi connectivity index (χ2v) is 5.74. The lowest BCUT2D eigenvalue weighted by Crippen LogP contribution is -1.99. The van der Waals surface area contributed by atoms with E-state index in [1.54, 1.807) is 26.4 Å². The Balaban J connectivity index is 2.40. The molecule has 0 amide bonds. The first-order chi connectivity index (χ1) is 9.56. The number of hydrogen-bond donors (Lipinski definition) is 0. The average molecular weight is 407 g/mol. The average Bonchev–Trinajstić information content (AvgIpc) is 2.45. The molecule has 0 aliphatic carbocycles. The molecule has 5 heteroatoms. The summed E-state index contributed by atoms with van der Waals surface area (Å²) < 4.78 is 24.4. The van der Waals surface area contributed by atoms with Crippen LogP contribution in [0, 0.1) is 9.39 Å². The standard InChI is InChI=1S/C15H13ClFIO2/c1-19-13-6-3-9(7-14(13)20-2)15(16)11-5-4-10(17)8-12(11)18/h3-8,15H,1-2H3. The van der Waals surface area contributed by atoms with Gasteiger partial charge in [-0.05, 0) is 58.0 Å². The van der Waals surface area contributed by atoms with Crippen molar-refractivity contribution in [2.75, 3.05) is 14.2 Å². The van der Waals surface area contributed by atoms with E-state index in [4.69, 9.17) is 21.1 Å². The molecule has 0 heterocycles. The van der Waals surface area contributed by atoms with Gasteiger partial charge in [0, 0.05) is 3.57 Å². The van der Waals surface area contributed by atoms with Crippen LogP contribution in [-0.2, 0) is 0 Å². The van der Waals surface area contributed by atoms with Crippen LogP contribution in [0.1, 0.15) is 16.5 Å². The predicted molar refractivity (Wildman–Crippen MR) is 86.4 cm³/mol. The third-order valence-electron chi connectivity index (χ3n) is 2.94. The normalized spacial score (nSPS) is 12.1. The fourth-order valence-corrected chi connectivity index (χ4v) is 3.20. The molecule has 0 N–H and O–H groups in total. The highest BCUT2D eigenvalue weighted by Crippen LogP contribution is 2.36. The summed E-state index contributed by atoms with van der Waals surface area (Å²) in [5, 5.41) is -0.373. The van der Waals surface area contributed by atoms with Gasteiger partial charge in [0.25, 0.3) is 0 Å². The third-order valence-corrected chi connectivity index (χ3v) is 4.36. The lowest BCUT2D eigenvalue weighted by molar-refractivity contribution is 0.354. The molecule has 2 rings (SSSR count). The van der Waals surface area contributed by atoms with E-state index in [9.17, 15) is 4.39 Å². The molecule has 0 spiro atoms. The Morgan fingerprint density at radius 3 is 2.35 bits per heavy atom. The van der Waals surface area contributed by atoms with Crippen LogP contribution in [0.25, 0.3) is 0 Å². The Morgan fingerprint density at radius 1 is 1.05 bits per heavy atom. The maximum Gasteiger partial charge on any atom is 0.161 e. The van der Waals surface area contributed by atoms with Gasteiger partial charge < -0.3 is 9.47 Å². The Kier molecular flexibility index (Phi) is 5.10. The zero-order valence-electron chi connectivity index (χ0n) is 11.0. The first-order valence-electron chi connectivity index (χ1n) is 5.87. The van der Waals surface area contributed by atoms with E-state index in [2.05, 4.69) is 22.6 Å². The Bertz CT molecular complexity index is 619. The largest absolute Gasteiger partial charge is 0.493 e. The molecule has 1 atom stereocenters. The second-order valence-electron chi connectivity index (χ2n) is 4.14. The summed E-state index contributed by atoms with van der Waals surface area (Å²) in [6.45, 7) is 0. The molecule has 0 aliphatic rings. The Morgan fingerprint density at radius 2 is 1.75 bits per heavy atom. The number of benzene rings is 2. The molecule has 0 aromatic heterocycles. The number of hydrogen-bond acceptors (Lipinski definition) is 2. The van der Waals surface area contributed by atoms with Gasteiger partial charge in [-0.25, -0.2) is 4.39 Å². The molecule has 2 aromatic rings. The quantitative estimate of drug-likeness (QED) is 0.538. The van der Waals surface area contributed by atoms with Gasteiger partial charge in [0.2, 0.25) is 0 Å². The molecule has 2 aromatic carbocycles. The topological polar surface area (TPSA) is 18.5 Å². The number of alkyl halides is 1. The lowest BCUT2D eigenvalue weighted by atomic mass is 10.0. The van der Waals surface area contributed by atoms with Crippen LogP contribution in [0.2, 0.25) is 0 Å². The van der Waals surface area contributed by atoms with Gasteiger partial charge in [-0.3, -0.25) is 0 Å². The Labute approximate surface area is 136 Å². The van der Waals surface area contributed by atoms with Crippen molar-refractivity contribution in [3.63, 3.8) is 0 Å². The summed E-state index contributed by atoms with van der Waals surface area (Å²) in [7, 11) is 3.16. The van der Waals surface area contributed by atoms with Gasteiger partial charge in [-0.1, -0.05) is 12.1 Å². The highest BCUT2D eigenvalue weighted by Gasteiger charge is 2.16. The van der Waals surface area contributed by atoms with Crippen molar-refractivity contribution in [3.05, 3.63) is 56.9 Å². The maximum atomic E-state index is 13.1. The van der Waals surface area contributed by atoms with Crippen molar-refractivity contribution in [2.24, 2.45) is 0 Å². The van der Waals surface area contributed by atoms with Gasteiger partial charge in [-0.15, -0.1) is 11.6 Å². The van der Waals surface area contributed by atoms with Gasteiger partial charge in [0.05, 0.1) is 19.6 Å². The van der Waals surface area contributed by atoms with E-state index < -0.39 is 0 Å². The van der Waals surface area contributed by atoms with E-state index >= 15 is 0 Å².